The summed E-state index contributed by atoms with van der Waals surface area (Å²) in [5, 5.41) is 2.98. The van der Waals surface area contributed by atoms with E-state index in [2.05, 4.69) is 36.2 Å². The van der Waals surface area contributed by atoms with Crippen molar-refractivity contribution in [1.29, 1.82) is 0 Å². The quantitative estimate of drug-likeness (QED) is 0.473. The maximum atomic E-state index is 15.8. The van der Waals surface area contributed by atoms with Crippen LogP contribution in [0, 0.1) is 11.2 Å². The molecule has 1 unspecified atom stereocenters. The van der Waals surface area contributed by atoms with Crippen molar-refractivity contribution in [3.8, 4) is 0 Å². The minimum Gasteiger partial charge on any atom is -0.337 e. The molecule has 44 heavy (non-hydrogen) atoms. The van der Waals surface area contributed by atoms with E-state index in [1.54, 1.807) is 4.90 Å². The molecule has 3 aliphatic heterocycles. The van der Waals surface area contributed by atoms with E-state index in [1.807, 2.05) is 12.1 Å². The summed E-state index contributed by atoms with van der Waals surface area (Å²) in [6.07, 6.45) is 4.24. The van der Waals surface area contributed by atoms with Crippen molar-refractivity contribution in [2.45, 2.75) is 65.0 Å². The molecular formula is C34H38ClFN4O4. The molecule has 0 saturated carbocycles. The van der Waals surface area contributed by atoms with Gasteiger partial charge in [-0.3, -0.25) is 29.4 Å². The monoisotopic (exact) mass is 620 g/mol. The van der Waals surface area contributed by atoms with Crippen LogP contribution >= 0.6 is 11.6 Å². The number of nitrogens with zero attached hydrogens (tertiary/aromatic N) is 3. The molecule has 2 fully saturated rings. The Morgan fingerprint density at radius 2 is 1.80 bits per heavy atom. The van der Waals surface area contributed by atoms with Gasteiger partial charge in [0.05, 0.1) is 12.1 Å². The summed E-state index contributed by atoms with van der Waals surface area (Å²) in [4.78, 5) is 56.0. The molecule has 3 heterocycles. The number of rotatable bonds is 5. The first kappa shape index (κ1) is 30.5. The van der Waals surface area contributed by atoms with Gasteiger partial charge in [0.15, 0.2) is 0 Å². The Balaban J connectivity index is 1.15. The maximum absolute atomic E-state index is 15.8. The summed E-state index contributed by atoms with van der Waals surface area (Å²) in [7, 11) is 0. The van der Waals surface area contributed by atoms with Crippen LogP contribution in [0.5, 0.6) is 0 Å². The molecule has 1 N–H and O–H groups in total. The smallest absolute Gasteiger partial charge is 0.256 e. The number of imide groups is 1. The number of hydrogen-bond donors (Lipinski definition) is 1. The van der Waals surface area contributed by atoms with Gasteiger partial charge in [0.25, 0.3) is 11.8 Å². The van der Waals surface area contributed by atoms with E-state index < -0.39 is 23.7 Å². The van der Waals surface area contributed by atoms with Gasteiger partial charge in [-0.15, -0.1) is 0 Å². The van der Waals surface area contributed by atoms with Crippen molar-refractivity contribution >= 4 is 40.8 Å². The molecule has 2 aromatic carbocycles. The second kappa shape index (κ2) is 12.1. The highest BCUT2D eigenvalue weighted by molar-refractivity contribution is 6.30. The number of halogens is 2. The number of amides is 4. The highest BCUT2D eigenvalue weighted by atomic mass is 35.5. The standard InChI is InChI=1S/C34H38ClFN4O4/c1-34(2)13-12-22(26(18-34)21-4-6-23(35)7-5-21)19-38-14-3-15-39(17-16-38)32(43)25-9-8-24-27(30(25)36)20-40(33(24)44)28-10-11-29(41)37-31(28)42/h4-9,28H,3,10-20H2,1-2H3,(H,37,41,42). The average molecular weight is 621 g/mol. The summed E-state index contributed by atoms with van der Waals surface area (Å²) in [5.74, 6) is -2.50. The first-order valence-corrected chi connectivity index (χ1v) is 15.8. The van der Waals surface area contributed by atoms with Crippen molar-refractivity contribution in [3.05, 3.63) is 75.1 Å². The molecule has 0 spiro atoms. The predicted octanol–water partition coefficient (Wildman–Crippen LogP) is 5.05. The molecular weight excluding hydrogens is 583 g/mol. The minimum atomic E-state index is -0.840. The van der Waals surface area contributed by atoms with E-state index in [0.717, 1.165) is 43.8 Å². The zero-order valence-electron chi connectivity index (χ0n) is 25.3. The average Bonchev–Trinajstić information content (AvgIpc) is 3.15. The van der Waals surface area contributed by atoms with E-state index >= 15 is 4.39 Å². The Morgan fingerprint density at radius 1 is 1.02 bits per heavy atom. The summed E-state index contributed by atoms with van der Waals surface area (Å²) in [5.41, 5.74) is 4.49. The molecule has 2 saturated heterocycles. The second-order valence-electron chi connectivity index (χ2n) is 13.2. The van der Waals surface area contributed by atoms with E-state index in [1.165, 1.54) is 33.7 Å². The molecule has 4 aliphatic rings. The summed E-state index contributed by atoms with van der Waals surface area (Å²) < 4.78 is 15.8. The van der Waals surface area contributed by atoms with Crippen LogP contribution in [0.4, 0.5) is 4.39 Å². The third kappa shape index (κ3) is 6.04. The first-order valence-electron chi connectivity index (χ1n) is 15.5. The number of carbonyl (C=O) groups is 4. The lowest BCUT2D eigenvalue weighted by molar-refractivity contribution is -0.136. The van der Waals surface area contributed by atoms with Crippen molar-refractivity contribution in [3.63, 3.8) is 0 Å². The van der Waals surface area contributed by atoms with Gasteiger partial charge in [-0.1, -0.05) is 43.2 Å². The molecule has 1 atom stereocenters. The van der Waals surface area contributed by atoms with E-state index in [9.17, 15) is 19.2 Å². The molecule has 4 amide bonds. The highest BCUT2D eigenvalue weighted by Crippen LogP contribution is 2.43. The van der Waals surface area contributed by atoms with E-state index in [4.69, 9.17) is 11.6 Å². The van der Waals surface area contributed by atoms with Crippen LogP contribution in [-0.2, 0) is 16.1 Å². The van der Waals surface area contributed by atoms with Crippen LogP contribution in [0.25, 0.3) is 5.57 Å². The Hall–Kier alpha value is -3.56. The fourth-order valence-electron chi connectivity index (χ4n) is 7.01. The van der Waals surface area contributed by atoms with Gasteiger partial charge in [-0.05, 0) is 72.9 Å². The molecule has 0 radical (unpaired) electrons. The van der Waals surface area contributed by atoms with E-state index in [0.29, 0.717) is 19.6 Å². The first-order chi connectivity index (χ1) is 21.0. The van der Waals surface area contributed by atoms with Gasteiger partial charge in [0, 0.05) is 55.3 Å². The number of allylic oxidation sites excluding steroid dienone is 1. The molecule has 0 bridgehead atoms. The number of hydrogen-bond acceptors (Lipinski definition) is 5. The summed E-state index contributed by atoms with van der Waals surface area (Å²) >= 11 is 6.17. The van der Waals surface area contributed by atoms with Gasteiger partial charge < -0.3 is 9.80 Å². The van der Waals surface area contributed by atoms with Gasteiger partial charge >= 0.3 is 0 Å². The fourth-order valence-corrected chi connectivity index (χ4v) is 7.13. The zero-order valence-corrected chi connectivity index (χ0v) is 26.0. The van der Waals surface area contributed by atoms with Crippen molar-refractivity contribution in [1.82, 2.24) is 20.0 Å². The Bertz CT molecular complexity index is 1550. The van der Waals surface area contributed by atoms with Crippen molar-refractivity contribution in [2.75, 3.05) is 32.7 Å². The summed E-state index contributed by atoms with van der Waals surface area (Å²) in [6, 6.07) is 10.1. The second-order valence-corrected chi connectivity index (χ2v) is 13.6. The van der Waals surface area contributed by atoms with Crippen molar-refractivity contribution in [2.24, 2.45) is 5.41 Å². The van der Waals surface area contributed by atoms with Crippen LogP contribution in [0.2, 0.25) is 5.02 Å². The Kier molecular flexibility index (Phi) is 8.37. The van der Waals surface area contributed by atoms with E-state index in [-0.39, 0.29) is 53.3 Å². The largest absolute Gasteiger partial charge is 0.337 e. The molecule has 0 aromatic heterocycles. The molecule has 8 nitrogen and oxygen atoms in total. The SMILES string of the molecule is CC1(C)CCC(CN2CCCN(C(=O)c3ccc4c(c3F)CN(C3CCC(=O)NC3=O)C4=O)CC2)=C(c2ccc(Cl)cc2)C1. The lowest BCUT2D eigenvalue weighted by Gasteiger charge is -2.35. The molecule has 232 valence electrons. The maximum Gasteiger partial charge on any atom is 0.256 e. The number of benzene rings is 2. The van der Waals surface area contributed by atoms with Gasteiger partial charge in [0.1, 0.15) is 11.9 Å². The third-order valence-electron chi connectivity index (χ3n) is 9.55. The lowest BCUT2D eigenvalue weighted by Crippen LogP contribution is -2.52. The Morgan fingerprint density at radius 3 is 2.55 bits per heavy atom. The van der Waals surface area contributed by atoms with Crippen LogP contribution in [-0.4, -0.2) is 77.1 Å². The number of fused-ring (bicyclic) bond motifs is 1. The minimum absolute atomic E-state index is 0.0580. The van der Waals surface area contributed by atoms with Crippen LogP contribution < -0.4 is 5.32 Å². The summed E-state index contributed by atoms with van der Waals surface area (Å²) in [6.45, 7) is 7.87. The molecule has 1 aliphatic carbocycles. The van der Waals surface area contributed by atoms with Crippen molar-refractivity contribution < 1.29 is 23.6 Å². The number of nitrogens with one attached hydrogen (secondary N) is 1. The van der Waals surface area contributed by atoms with Crippen LogP contribution in [0.1, 0.15) is 84.2 Å². The number of carbonyl (C=O) groups excluding carboxylic acids is 4. The number of piperidine rings is 1. The highest BCUT2D eigenvalue weighted by Gasteiger charge is 2.41. The van der Waals surface area contributed by atoms with Gasteiger partial charge in [-0.25, -0.2) is 4.39 Å². The lowest BCUT2D eigenvalue weighted by atomic mass is 9.72. The van der Waals surface area contributed by atoms with Crippen LogP contribution in [0.3, 0.4) is 0 Å². The third-order valence-corrected chi connectivity index (χ3v) is 9.80. The van der Waals surface area contributed by atoms with Crippen LogP contribution in [0.15, 0.2) is 42.0 Å². The predicted molar refractivity (Wildman–Crippen MR) is 165 cm³/mol. The molecule has 2 aromatic rings. The molecule has 10 heteroatoms. The fraction of sp³-hybridized carbons (Fsp3) is 0.471. The Labute approximate surface area is 262 Å². The van der Waals surface area contributed by atoms with Gasteiger partial charge in [-0.2, -0.15) is 0 Å². The van der Waals surface area contributed by atoms with Gasteiger partial charge in [0.2, 0.25) is 11.8 Å². The zero-order chi connectivity index (χ0) is 31.2. The molecule has 6 rings (SSSR count). The topological polar surface area (TPSA) is 90.0 Å². The normalized spacial score (nSPS) is 22.6.